The zero-order valence-corrected chi connectivity index (χ0v) is 18.0. The molecule has 0 spiro atoms. The summed E-state index contributed by atoms with van der Waals surface area (Å²) in [5.41, 5.74) is 0.874. The third-order valence-electron chi connectivity index (χ3n) is 5.01. The number of carbonyl (C=O) groups excluding carboxylic acids is 3. The van der Waals surface area contributed by atoms with Crippen molar-refractivity contribution in [2.45, 2.75) is 26.8 Å². The Morgan fingerprint density at radius 2 is 1.64 bits per heavy atom. The molecule has 0 radical (unpaired) electrons. The van der Waals surface area contributed by atoms with Crippen LogP contribution >= 0.6 is 0 Å². The van der Waals surface area contributed by atoms with E-state index >= 15 is 0 Å². The van der Waals surface area contributed by atoms with Crippen molar-refractivity contribution in [3.05, 3.63) is 60.3 Å². The van der Waals surface area contributed by atoms with E-state index in [0.29, 0.717) is 24.0 Å². The van der Waals surface area contributed by atoms with Gasteiger partial charge in [-0.05, 0) is 44.2 Å². The molecule has 1 heterocycles. The SMILES string of the molecule is CCN(CC)C(=O)Cn1cc(C(=O)C(=O)Nc2ccc(OC(F)(F)F)cc2)c2ccccc21. The second kappa shape index (κ2) is 9.76. The normalized spacial score (nSPS) is 11.3. The molecule has 0 aliphatic carbocycles. The highest BCUT2D eigenvalue weighted by Gasteiger charge is 2.31. The molecule has 10 heteroatoms. The van der Waals surface area contributed by atoms with Crippen LogP contribution in [0.5, 0.6) is 5.75 Å². The lowest BCUT2D eigenvalue weighted by Gasteiger charge is -2.19. The number of rotatable bonds is 8. The Labute approximate surface area is 187 Å². The van der Waals surface area contributed by atoms with Crippen LogP contribution in [0.1, 0.15) is 24.2 Å². The summed E-state index contributed by atoms with van der Waals surface area (Å²) in [6.45, 7) is 4.86. The maximum atomic E-state index is 12.9. The molecule has 0 fully saturated rings. The molecule has 7 nitrogen and oxygen atoms in total. The van der Waals surface area contributed by atoms with E-state index in [1.165, 1.54) is 18.3 Å². The second-order valence-electron chi connectivity index (χ2n) is 7.11. The number of amides is 2. The summed E-state index contributed by atoms with van der Waals surface area (Å²) >= 11 is 0. The number of ketones is 1. The molecule has 0 aliphatic heterocycles. The van der Waals surface area contributed by atoms with E-state index in [4.69, 9.17) is 0 Å². The fourth-order valence-corrected chi connectivity index (χ4v) is 3.43. The zero-order valence-electron chi connectivity index (χ0n) is 18.0. The number of para-hydroxylation sites is 1. The van der Waals surface area contributed by atoms with Crippen molar-refractivity contribution in [3.8, 4) is 5.75 Å². The van der Waals surface area contributed by atoms with Gasteiger partial charge in [0.25, 0.3) is 11.7 Å². The Morgan fingerprint density at radius 3 is 2.24 bits per heavy atom. The number of likely N-dealkylation sites (N-methyl/N-ethyl adjacent to an activating group) is 1. The van der Waals surface area contributed by atoms with Crippen molar-refractivity contribution < 1.29 is 32.3 Å². The minimum Gasteiger partial charge on any atom is -0.406 e. The first-order chi connectivity index (χ1) is 15.6. The van der Waals surface area contributed by atoms with Gasteiger partial charge in [0.1, 0.15) is 12.3 Å². The van der Waals surface area contributed by atoms with Crippen LogP contribution in [-0.4, -0.2) is 46.5 Å². The summed E-state index contributed by atoms with van der Waals surface area (Å²) in [7, 11) is 0. The van der Waals surface area contributed by atoms with Crippen LogP contribution in [0.25, 0.3) is 10.9 Å². The molecule has 0 bridgehead atoms. The van der Waals surface area contributed by atoms with Crippen molar-refractivity contribution >= 4 is 34.2 Å². The molecule has 2 amide bonds. The smallest absolute Gasteiger partial charge is 0.406 e. The van der Waals surface area contributed by atoms with Gasteiger partial charge in [0, 0.05) is 35.9 Å². The van der Waals surface area contributed by atoms with Crippen LogP contribution in [0.15, 0.2) is 54.7 Å². The molecule has 0 unspecified atom stereocenters. The number of benzene rings is 2. The molecular weight excluding hydrogens is 439 g/mol. The number of anilines is 1. The topological polar surface area (TPSA) is 80.6 Å². The molecule has 174 valence electrons. The monoisotopic (exact) mass is 461 g/mol. The molecule has 33 heavy (non-hydrogen) atoms. The highest BCUT2D eigenvalue weighted by atomic mass is 19.4. The van der Waals surface area contributed by atoms with Gasteiger partial charge in [-0.1, -0.05) is 18.2 Å². The first kappa shape index (κ1) is 23.8. The van der Waals surface area contributed by atoms with Crippen LogP contribution in [0.4, 0.5) is 18.9 Å². The van der Waals surface area contributed by atoms with Gasteiger partial charge in [0.05, 0.1) is 5.56 Å². The van der Waals surface area contributed by atoms with E-state index in [9.17, 15) is 27.6 Å². The molecule has 1 aromatic heterocycles. The van der Waals surface area contributed by atoms with Crippen molar-refractivity contribution in [3.63, 3.8) is 0 Å². The van der Waals surface area contributed by atoms with Gasteiger partial charge in [-0.25, -0.2) is 0 Å². The van der Waals surface area contributed by atoms with Crippen LogP contribution in [0.3, 0.4) is 0 Å². The Hall–Kier alpha value is -3.82. The van der Waals surface area contributed by atoms with E-state index in [1.807, 2.05) is 13.8 Å². The Balaban J connectivity index is 1.80. The number of Topliss-reactive ketones (excluding diaryl/α,β-unsaturated/α-hetero) is 1. The third-order valence-corrected chi connectivity index (χ3v) is 5.01. The summed E-state index contributed by atoms with van der Waals surface area (Å²) < 4.78 is 42.2. The summed E-state index contributed by atoms with van der Waals surface area (Å²) in [5.74, 6) is -2.37. The van der Waals surface area contributed by atoms with E-state index in [-0.39, 0.29) is 23.7 Å². The fourth-order valence-electron chi connectivity index (χ4n) is 3.43. The number of nitrogens with one attached hydrogen (secondary N) is 1. The number of nitrogens with zero attached hydrogens (tertiary/aromatic N) is 2. The van der Waals surface area contributed by atoms with Crippen LogP contribution in [0, 0.1) is 0 Å². The van der Waals surface area contributed by atoms with Crippen molar-refractivity contribution in [1.82, 2.24) is 9.47 Å². The number of hydrogen-bond donors (Lipinski definition) is 1. The highest BCUT2D eigenvalue weighted by molar-refractivity contribution is 6.48. The number of fused-ring (bicyclic) bond motifs is 1. The molecule has 3 aromatic rings. The second-order valence-corrected chi connectivity index (χ2v) is 7.11. The van der Waals surface area contributed by atoms with Crippen molar-refractivity contribution in [1.29, 1.82) is 0 Å². The first-order valence-corrected chi connectivity index (χ1v) is 10.2. The fraction of sp³-hybridized carbons (Fsp3) is 0.261. The van der Waals surface area contributed by atoms with Gasteiger partial charge >= 0.3 is 6.36 Å². The van der Waals surface area contributed by atoms with Gasteiger partial charge in [0.15, 0.2) is 0 Å². The molecule has 0 atom stereocenters. The average Bonchev–Trinajstić information content (AvgIpc) is 3.13. The van der Waals surface area contributed by atoms with Gasteiger partial charge in [-0.15, -0.1) is 13.2 Å². The molecule has 0 aliphatic rings. The third kappa shape index (κ3) is 5.71. The summed E-state index contributed by atoms with van der Waals surface area (Å²) in [6, 6.07) is 11.3. The maximum Gasteiger partial charge on any atom is 0.573 e. The standard InChI is InChI=1S/C23H22F3N3O4/c1-3-28(4-2)20(30)14-29-13-18(17-7-5-6-8-19(17)29)21(31)22(32)27-15-9-11-16(12-10-15)33-23(24,25)26/h5-13H,3-4,14H2,1-2H3,(H,27,32). The quantitative estimate of drug-likeness (QED) is 0.402. The van der Waals surface area contributed by atoms with Crippen molar-refractivity contribution in [2.75, 3.05) is 18.4 Å². The minimum absolute atomic E-state index is 0.0117. The van der Waals surface area contributed by atoms with Crippen molar-refractivity contribution in [2.24, 2.45) is 0 Å². The van der Waals surface area contributed by atoms with E-state index in [1.54, 1.807) is 33.7 Å². The predicted octanol–water partition coefficient (Wildman–Crippen LogP) is 4.23. The minimum atomic E-state index is -4.83. The highest BCUT2D eigenvalue weighted by Crippen LogP contribution is 2.25. The Kier molecular flexibility index (Phi) is 7.05. The van der Waals surface area contributed by atoms with Gasteiger partial charge < -0.3 is 19.5 Å². The van der Waals surface area contributed by atoms with Gasteiger partial charge in [-0.2, -0.15) is 0 Å². The van der Waals surface area contributed by atoms with E-state index < -0.39 is 23.8 Å². The predicted molar refractivity (Wildman–Crippen MR) is 116 cm³/mol. The maximum absolute atomic E-state index is 12.9. The number of hydrogen-bond acceptors (Lipinski definition) is 4. The molecule has 1 N–H and O–H groups in total. The summed E-state index contributed by atoms with van der Waals surface area (Å²) in [5, 5.41) is 2.88. The van der Waals surface area contributed by atoms with Crippen LogP contribution in [0.2, 0.25) is 0 Å². The van der Waals surface area contributed by atoms with E-state index in [0.717, 1.165) is 12.1 Å². The summed E-state index contributed by atoms with van der Waals surface area (Å²) in [6.07, 6.45) is -3.37. The van der Waals surface area contributed by atoms with Crippen LogP contribution in [-0.2, 0) is 16.1 Å². The first-order valence-electron chi connectivity index (χ1n) is 10.2. The molecule has 0 saturated carbocycles. The number of aromatic nitrogens is 1. The zero-order chi connectivity index (χ0) is 24.2. The lowest BCUT2D eigenvalue weighted by Crippen LogP contribution is -2.33. The number of ether oxygens (including phenoxy) is 1. The largest absolute Gasteiger partial charge is 0.573 e. The van der Waals surface area contributed by atoms with E-state index in [2.05, 4.69) is 10.1 Å². The van der Waals surface area contributed by atoms with Gasteiger partial charge in [0.2, 0.25) is 5.91 Å². The number of halogens is 3. The number of alkyl halides is 3. The Bertz CT molecular complexity index is 1170. The summed E-state index contributed by atoms with van der Waals surface area (Å²) in [4.78, 5) is 39.6. The molecule has 3 rings (SSSR count). The number of carbonyl (C=O) groups is 3. The lowest BCUT2D eigenvalue weighted by atomic mass is 10.1. The lowest BCUT2D eigenvalue weighted by molar-refractivity contribution is -0.274. The van der Waals surface area contributed by atoms with Crippen LogP contribution < -0.4 is 10.1 Å². The average molecular weight is 461 g/mol. The molecular formula is C23H22F3N3O4. The van der Waals surface area contributed by atoms with Gasteiger partial charge in [-0.3, -0.25) is 14.4 Å². The Morgan fingerprint density at radius 1 is 1.00 bits per heavy atom. The molecule has 0 saturated heterocycles. The molecule has 2 aromatic carbocycles.